The Bertz CT molecular complexity index is 1060. The molecule has 0 amide bonds. The first kappa shape index (κ1) is 20.4. The molecule has 0 bridgehead atoms. The summed E-state index contributed by atoms with van der Waals surface area (Å²) in [6, 6.07) is 8.39. The van der Waals surface area contributed by atoms with Crippen LogP contribution in [0.4, 0.5) is 10.2 Å². The van der Waals surface area contributed by atoms with E-state index < -0.39 is 18.3 Å². The highest BCUT2D eigenvalue weighted by Crippen LogP contribution is 2.31. The summed E-state index contributed by atoms with van der Waals surface area (Å²) in [7, 11) is 0. The van der Waals surface area contributed by atoms with Crippen molar-refractivity contribution in [3.8, 4) is 0 Å². The summed E-state index contributed by atoms with van der Waals surface area (Å²) in [5.41, 5.74) is 1.39. The van der Waals surface area contributed by atoms with E-state index in [1.807, 2.05) is 18.2 Å². The Hall–Kier alpha value is -2.84. The monoisotopic (exact) mass is 429 g/mol. The number of anilines is 1. The lowest BCUT2D eigenvalue weighted by Gasteiger charge is -2.18. The van der Waals surface area contributed by atoms with E-state index in [9.17, 15) is 14.3 Å². The lowest BCUT2D eigenvalue weighted by atomic mass is 10.1. The Balaban J connectivity index is 1.52. The van der Waals surface area contributed by atoms with Crippen molar-refractivity contribution in [1.29, 1.82) is 0 Å². The zero-order valence-corrected chi connectivity index (χ0v) is 17.0. The van der Waals surface area contributed by atoms with Gasteiger partial charge in [-0.1, -0.05) is 30.7 Å². The second-order valence-corrected chi connectivity index (χ2v) is 7.98. The molecule has 0 spiro atoms. The second kappa shape index (κ2) is 8.49. The fraction of sp³-hybridized carbons (Fsp3) is 0.333. The number of alkyl halides is 1. The first-order valence-corrected chi connectivity index (χ1v) is 10.0. The smallest absolute Gasteiger partial charge is 0.218 e. The number of ketones is 1. The molecule has 2 aromatic heterocycles. The maximum absolute atomic E-state index is 14.3. The van der Waals surface area contributed by atoms with Crippen molar-refractivity contribution < 1.29 is 14.3 Å². The van der Waals surface area contributed by atoms with Gasteiger partial charge in [0.1, 0.15) is 24.0 Å². The maximum Gasteiger partial charge on any atom is 0.218 e. The standard InChI is InChI=1S/C21H21ClFN5O2/c1-12-7-17(18(23)19(12)29)26-21-15(9-24-11-25-21)20(30)16-5-6-28(27-16)10-13-3-2-4-14(22)8-13/h2-6,8-9,11-12,17-19,29H,7,10H2,1H3,(H,24,25,26)/t12-,17-,18-,19-/m1/s1. The first-order valence-electron chi connectivity index (χ1n) is 9.63. The van der Waals surface area contributed by atoms with E-state index >= 15 is 0 Å². The zero-order valence-electron chi connectivity index (χ0n) is 16.2. The van der Waals surface area contributed by atoms with Gasteiger partial charge in [-0.3, -0.25) is 9.48 Å². The van der Waals surface area contributed by atoms with Gasteiger partial charge in [-0.05, 0) is 36.1 Å². The summed E-state index contributed by atoms with van der Waals surface area (Å²) in [6.07, 6.45) is 2.35. The molecule has 1 aliphatic rings. The molecular weight excluding hydrogens is 409 g/mol. The molecule has 2 heterocycles. The van der Waals surface area contributed by atoms with Crippen LogP contribution in [0.25, 0.3) is 0 Å². The molecule has 4 atom stereocenters. The van der Waals surface area contributed by atoms with Gasteiger partial charge in [0.25, 0.3) is 0 Å². The number of aliphatic hydroxyl groups excluding tert-OH is 1. The Morgan fingerprint density at radius 3 is 2.97 bits per heavy atom. The molecule has 1 aliphatic carbocycles. The van der Waals surface area contributed by atoms with Gasteiger partial charge in [0.05, 0.1) is 24.3 Å². The van der Waals surface area contributed by atoms with E-state index in [1.54, 1.807) is 29.9 Å². The van der Waals surface area contributed by atoms with Crippen molar-refractivity contribution >= 4 is 23.2 Å². The van der Waals surface area contributed by atoms with E-state index in [4.69, 9.17) is 11.6 Å². The van der Waals surface area contributed by atoms with Crippen LogP contribution in [-0.4, -0.2) is 49.0 Å². The summed E-state index contributed by atoms with van der Waals surface area (Å²) in [5.74, 6) is -0.320. The van der Waals surface area contributed by atoms with Crippen LogP contribution in [-0.2, 0) is 6.54 Å². The average Bonchev–Trinajstić information content (AvgIpc) is 3.29. The molecule has 2 N–H and O–H groups in total. The number of nitrogens with zero attached hydrogens (tertiary/aromatic N) is 4. The molecule has 30 heavy (non-hydrogen) atoms. The maximum atomic E-state index is 14.3. The molecule has 9 heteroatoms. The Morgan fingerprint density at radius 2 is 2.23 bits per heavy atom. The van der Waals surface area contributed by atoms with Crippen LogP contribution in [0.2, 0.25) is 5.02 Å². The minimum atomic E-state index is -1.44. The molecule has 1 aromatic carbocycles. The summed E-state index contributed by atoms with van der Waals surface area (Å²) >= 11 is 6.02. The molecule has 156 valence electrons. The highest BCUT2D eigenvalue weighted by Gasteiger charge is 2.41. The number of nitrogens with one attached hydrogen (secondary N) is 1. The van der Waals surface area contributed by atoms with Gasteiger partial charge >= 0.3 is 0 Å². The predicted molar refractivity (Wildman–Crippen MR) is 110 cm³/mol. The predicted octanol–water partition coefficient (Wildman–Crippen LogP) is 3.13. The van der Waals surface area contributed by atoms with Gasteiger partial charge in [0.2, 0.25) is 5.78 Å². The van der Waals surface area contributed by atoms with E-state index in [-0.39, 0.29) is 28.8 Å². The van der Waals surface area contributed by atoms with E-state index in [0.29, 0.717) is 18.0 Å². The van der Waals surface area contributed by atoms with Gasteiger partial charge in [-0.25, -0.2) is 14.4 Å². The van der Waals surface area contributed by atoms with Gasteiger partial charge in [-0.15, -0.1) is 0 Å². The summed E-state index contributed by atoms with van der Waals surface area (Å²) in [5, 5.41) is 17.8. The summed E-state index contributed by atoms with van der Waals surface area (Å²) in [6.45, 7) is 2.25. The highest BCUT2D eigenvalue weighted by atomic mass is 35.5. The van der Waals surface area contributed by atoms with Gasteiger partial charge < -0.3 is 10.4 Å². The SMILES string of the molecule is C[C@@H]1C[C@@H](Nc2ncncc2C(=O)c2ccn(Cc3cccc(Cl)c3)n2)[C@@H](F)[C@@H]1O. The molecule has 1 saturated carbocycles. The highest BCUT2D eigenvalue weighted by molar-refractivity contribution is 6.30. The number of carbonyl (C=O) groups is 1. The fourth-order valence-electron chi connectivity index (χ4n) is 3.68. The van der Waals surface area contributed by atoms with E-state index in [1.165, 1.54) is 12.5 Å². The molecular formula is C21H21ClFN5O2. The van der Waals surface area contributed by atoms with Crippen molar-refractivity contribution in [3.05, 3.63) is 70.9 Å². The third kappa shape index (κ3) is 4.20. The molecule has 0 saturated heterocycles. The van der Waals surface area contributed by atoms with Crippen molar-refractivity contribution in [1.82, 2.24) is 19.7 Å². The van der Waals surface area contributed by atoms with Gasteiger partial charge in [0.15, 0.2) is 0 Å². The number of hydrogen-bond acceptors (Lipinski definition) is 6. The lowest BCUT2D eigenvalue weighted by molar-refractivity contribution is 0.0725. The summed E-state index contributed by atoms with van der Waals surface area (Å²) < 4.78 is 16.0. The van der Waals surface area contributed by atoms with Gasteiger partial charge in [-0.2, -0.15) is 5.10 Å². The molecule has 1 fully saturated rings. The number of benzene rings is 1. The second-order valence-electron chi connectivity index (χ2n) is 7.54. The third-order valence-corrected chi connectivity index (χ3v) is 5.54. The van der Waals surface area contributed by atoms with Crippen LogP contribution in [0.15, 0.2) is 49.1 Å². The Kier molecular flexibility index (Phi) is 5.78. The molecule has 0 unspecified atom stereocenters. The summed E-state index contributed by atoms with van der Waals surface area (Å²) in [4.78, 5) is 21.1. The van der Waals surface area contributed by atoms with Gasteiger partial charge in [0, 0.05) is 17.4 Å². The van der Waals surface area contributed by atoms with Crippen LogP contribution >= 0.6 is 11.6 Å². The fourth-order valence-corrected chi connectivity index (χ4v) is 3.89. The molecule has 0 aliphatic heterocycles. The lowest BCUT2D eigenvalue weighted by Crippen LogP contribution is -2.32. The van der Waals surface area contributed by atoms with Crippen LogP contribution < -0.4 is 5.32 Å². The normalized spacial score (nSPS) is 23.5. The Morgan fingerprint density at radius 1 is 1.40 bits per heavy atom. The molecule has 7 nitrogen and oxygen atoms in total. The van der Waals surface area contributed by atoms with Crippen LogP contribution in [0.5, 0.6) is 0 Å². The molecule has 4 rings (SSSR count). The van der Waals surface area contributed by atoms with Crippen LogP contribution in [0.3, 0.4) is 0 Å². The van der Waals surface area contributed by atoms with Crippen molar-refractivity contribution in [2.75, 3.05) is 5.32 Å². The topological polar surface area (TPSA) is 92.9 Å². The van der Waals surface area contributed by atoms with Crippen molar-refractivity contribution in [2.24, 2.45) is 5.92 Å². The van der Waals surface area contributed by atoms with E-state index in [0.717, 1.165) is 5.56 Å². The Labute approximate surface area is 177 Å². The minimum absolute atomic E-state index is 0.180. The minimum Gasteiger partial charge on any atom is -0.390 e. The van der Waals surface area contributed by atoms with Crippen LogP contribution in [0, 0.1) is 5.92 Å². The molecule has 3 aromatic rings. The number of aliphatic hydroxyl groups is 1. The largest absolute Gasteiger partial charge is 0.390 e. The van der Waals surface area contributed by atoms with Crippen LogP contribution in [0.1, 0.15) is 35.0 Å². The zero-order chi connectivity index (χ0) is 21.3. The number of halogens is 2. The van der Waals surface area contributed by atoms with Crippen molar-refractivity contribution in [3.63, 3.8) is 0 Å². The number of aromatic nitrogens is 4. The quantitative estimate of drug-likeness (QED) is 0.585. The number of carbonyl (C=O) groups excluding carboxylic acids is 1. The third-order valence-electron chi connectivity index (χ3n) is 5.31. The average molecular weight is 430 g/mol. The van der Waals surface area contributed by atoms with E-state index in [2.05, 4.69) is 20.4 Å². The van der Waals surface area contributed by atoms with Crippen molar-refractivity contribution in [2.45, 2.75) is 38.2 Å². The first-order chi connectivity index (χ1) is 14.4. The number of hydrogen-bond donors (Lipinski definition) is 2. The number of rotatable bonds is 6. The molecule has 0 radical (unpaired) electrons.